The number of benzene rings is 2. The lowest BCUT2D eigenvalue weighted by atomic mass is 10.0. The second-order valence-electron chi connectivity index (χ2n) is 6.19. The third-order valence-corrected chi connectivity index (χ3v) is 4.56. The van der Waals surface area contributed by atoms with Crippen molar-refractivity contribution in [3.63, 3.8) is 0 Å². The van der Waals surface area contributed by atoms with Gasteiger partial charge in [-0.05, 0) is 29.8 Å². The normalized spacial score (nSPS) is 12.0. The fourth-order valence-electron chi connectivity index (χ4n) is 2.56. The van der Waals surface area contributed by atoms with E-state index in [0.717, 1.165) is 6.07 Å². The Bertz CT molecular complexity index is 986. The SMILES string of the molecule is NC(=O)NC(CC(=O)OCC(=O)Nc1ccc(Cl)c(C(F)(F)F)c1)c1ccccc1Cl. The summed E-state index contributed by atoms with van der Waals surface area (Å²) in [4.78, 5) is 35.3. The van der Waals surface area contributed by atoms with Crippen LogP contribution < -0.4 is 16.4 Å². The predicted octanol–water partition coefficient (Wildman–Crippen LogP) is 4.29. The Balaban J connectivity index is 1.97. The van der Waals surface area contributed by atoms with E-state index in [4.69, 9.17) is 33.7 Å². The lowest BCUT2D eigenvalue weighted by Gasteiger charge is -2.18. The van der Waals surface area contributed by atoms with Crippen molar-refractivity contribution in [1.29, 1.82) is 0 Å². The van der Waals surface area contributed by atoms with Crippen molar-refractivity contribution in [1.82, 2.24) is 5.32 Å². The van der Waals surface area contributed by atoms with Crippen LogP contribution in [-0.4, -0.2) is 24.5 Å². The fraction of sp³-hybridized carbons (Fsp3) is 0.211. The highest BCUT2D eigenvalue weighted by Gasteiger charge is 2.33. The van der Waals surface area contributed by atoms with E-state index in [9.17, 15) is 27.6 Å². The average molecular weight is 478 g/mol. The second-order valence-corrected chi connectivity index (χ2v) is 7.00. The van der Waals surface area contributed by atoms with Crippen LogP contribution in [0, 0.1) is 0 Å². The summed E-state index contributed by atoms with van der Waals surface area (Å²) in [6.45, 7) is -0.769. The van der Waals surface area contributed by atoms with Gasteiger partial charge in [-0.2, -0.15) is 13.2 Å². The van der Waals surface area contributed by atoms with Crippen molar-refractivity contribution in [2.45, 2.75) is 18.6 Å². The van der Waals surface area contributed by atoms with Crippen molar-refractivity contribution < 1.29 is 32.3 Å². The number of halogens is 5. The summed E-state index contributed by atoms with van der Waals surface area (Å²) in [7, 11) is 0. The summed E-state index contributed by atoms with van der Waals surface area (Å²) in [5, 5.41) is 4.28. The van der Waals surface area contributed by atoms with Gasteiger partial charge >= 0.3 is 18.2 Å². The number of primary amides is 1. The van der Waals surface area contributed by atoms with Gasteiger partial charge in [0.15, 0.2) is 6.61 Å². The molecular weight excluding hydrogens is 462 g/mol. The standard InChI is InChI=1S/C19H16Cl2F3N3O4/c20-13-4-2-1-3-11(13)15(27-18(25)30)8-17(29)31-9-16(28)26-10-5-6-14(21)12(7-10)19(22,23)24/h1-7,15H,8-9H2,(H,26,28)(H3,25,27,30). The molecule has 0 heterocycles. The van der Waals surface area contributed by atoms with Gasteiger partial charge in [0, 0.05) is 10.7 Å². The minimum Gasteiger partial charge on any atom is -0.455 e. The first-order valence-electron chi connectivity index (χ1n) is 8.60. The molecule has 31 heavy (non-hydrogen) atoms. The number of hydrogen-bond donors (Lipinski definition) is 3. The van der Waals surface area contributed by atoms with Gasteiger partial charge in [-0.25, -0.2) is 4.79 Å². The Morgan fingerprint density at radius 2 is 1.74 bits per heavy atom. The molecule has 2 aromatic carbocycles. The number of esters is 1. The quantitative estimate of drug-likeness (QED) is 0.516. The van der Waals surface area contributed by atoms with Crippen LogP contribution in [-0.2, 0) is 20.5 Å². The molecule has 7 nitrogen and oxygen atoms in total. The molecule has 2 aromatic rings. The Kier molecular flexibility index (Phi) is 8.12. The first-order chi connectivity index (χ1) is 14.5. The number of anilines is 1. The van der Waals surface area contributed by atoms with Crippen molar-refractivity contribution in [2.75, 3.05) is 11.9 Å². The van der Waals surface area contributed by atoms with E-state index in [-0.39, 0.29) is 17.1 Å². The highest BCUT2D eigenvalue weighted by molar-refractivity contribution is 6.31. The number of rotatable bonds is 7. The molecule has 1 unspecified atom stereocenters. The number of hydrogen-bond acceptors (Lipinski definition) is 4. The van der Waals surface area contributed by atoms with Gasteiger partial charge in [-0.1, -0.05) is 41.4 Å². The molecule has 0 bridgehead atoms. The van der Waals surface area contributed by atoms with Crippen LogP contribution in [0.4, 0.5) is 23.7 Å². The zero-order valence-corrected chi connectivity index (χ0v) is 17.1. The highest BCUT2D eigenvalue weighted by atomic mass is 35.5. The maximum atomic E-state index is 12.9. The molecule has 0 aliphatic heterocycles. The van der Waals surface area contributed by atoms with E-state index in [1.807, 2.05) is 0 Å². The number of amides is 3. The van der Waals surface area contributed by atoms with Crippen LogP contribution in [0.15, 0.2) is 42.5 Å². The van der Waals surface area contributed by atoms with Gasteiger partial charge in [0.25, 0.3) is 5.91 Å². The topological polar surface area (TPSA) is 111 Å². The molecule has 0 aromatic heterocycles. The van der Waals surface area contributed by atoms with Crippen molar-refractivity contribution in [3.05, 3.63) is 63.6 Å². The number of nitrogens with two attached hydrogens (primary N) is 1. The van der Waals surface area contributed by atoms with Gasteiger partial charge in [0.05, 0.1) is 23.0 Å². The monoisotopic (exact) mass is 477 g/mol. The summed E-state index contributed by atoms with van der Waals surface area (Å²) < 4.78 is 43.5. The van der Waals surface area contributed by atoms with Crippen molar-refractivity contribution in [2.24, 2.45) is 5.73 Å². The van der Waals surface area contributed by atoms with Crippen LogP contribution in [0.3, 0.4) is 0 Å². The van der Waals surface area contributed by atoms with Crippen LogP contribution in [0.1, 0.15) is 23.6 Å². The van der Waals surface area contributed by atoms with E-state index in [0.29, 0.717) is 11.6 Å². The predicted molar refractivity (Wildman–Crippen MR) is 108 cm³/mol. The number of carbonyl (C=O) groups excluding carboxylic acids is 3. The number of ether oxygens (including phenoxy) is 1. The molecule has 12 heteroatoms. The van der Waals surface area contributed by atoms with E-state index in [1.54, 1.807) is 24.3 Å². The minimum atomic E-state index is -4.70. The lowest BCUT2D eigenvalue weighted by Crippen LogP contribution is -2.35. The third-order valence-electron chi connectivity index (χ3n) is 3.89. The molecule has 0 aliphatic rings. The first-order valence-corrected chi connectivity index (χ1v) is 9.35. The third kappa shape index (κ3) is 7.34. The Morgan fingerprint density at radius 1 is 1.06 bits per heavy atom. The molecule has 166 valence electrons. The fourth-order valence-corrected chi connectivity index (χ4v) is 3.05. The molecule has 4 N–H and O–H groups in total. The van der Waals surface area contributed by atoms with Crippen LogP contribution >= 0.6 is 23.2 Å². The molecular formula is C19H16Cl2F3N3O4. The van der Waals surface area contributed by atoms with Gasteiger partial charge in [-0.3, -0.25) is 9.59 Å². The van der Waals surface area contributed by atoms with Gasteiger partial charge in [0.2, 0.25) is 0 Å². The summed E-state index contributed by atoms with van der Waals surface area (Å²) in [5.41, 5.74) is 4.23. The van der Waals surface area contributed by atoms with Gasteiger partial charge < -0.3 is 21.1 Å². The zero-order chi connectivity index (χ0) is 23.2. The largest absolute Gasteiger partial charge is 0.455 e. The van der Waals surface area contributed by atoms with Crippen LogP contribution in [0.25, 0.3) is 0 Å². The van der Waals surface area contributed by atoms with Crippen molar-refractivity contribution >= 4 is 46.8 Å². The Hall–Kier alpha value is -2.98. The van der Waals surface area contributed by atoms with E-state index in [2.05, 4.69) is 10.6 Å². The molecule has 0 spiro atoms. The average Bonchev–Trinajstić information content (AvgIpc) is 2.66. The highest BCUT2D eigenvalue weighted by Crippen LogP contribution is 2.36. The minimum absolute atomic E-state index is 0.179. The second kappa shape index (κ2) is 10.4. The number of alkyl halides is 3. The molecule has 0 fully saturated rings. The molecule has 0 radical (unpaired) electrons. The molecule has 3 amide bonds. The number of urea groups is 1. The maximum absolute atomic E-state index is 12.9. The van der Waals surface area contributed by atoms with E-state index >= 15 is 0 Å². The zero-order valence-electron chi connectivity index (χ0n) is 15.6. The number of carbonyl (C=O) groups is 3. The molecule has 0 saturated heterocycles. The summed E-state index contributed by atoms with van der Waals surface area (Å²) in [6.07, 6.45) is -5.09. The lowest BCUT2D eigenvalue weighted by molar-refractivity contribution is -0.147. The summed E-state index contributed by atoms with van der Waals surface area (Å²) in [6, 6.07) is 7.40. The summed E-state index contributed by atoms with van der Waals surface area (Å²) in [5.74, 6) is -1.75. The first kappa shape index (κ1) is 24.3. The Labute approximate surface area is 184 Å². The van der Waals surface area contributed by atoms with Crippen molar-refractivity contribution in [3.8, 4) is 0 Å². The maximum Gasteiger partial charge on any atom is 0.417 e. The van der Waals surface area contributed by atoms with E-state index in [1.165, 1.54) is 6.07 Å². The smallest absolute Gasteiger partial charge is 0.417 e. The molecule has 2 rings (SSSR count). The molecule has 0 saturated carbocycles. The van der Waals surface area contributed by atoms with E-state index < -0.39 is 47.3 Å². The number of nitrogens with one attached hydrogen (secondary N) is 2. The molecule has 1 atom stereocenters. The molecule has 0 aliphatic carbocycles. The van der Waals surface area contributed by atoms with Crippen LogP contribution in [0.2, 0.25) is 10.0 Å². The summed E-state index contributed by atoms with van der Waals surface area (Å²) >= 11 is 11.6. The Morgan fingerprint density at radius 3 is 2.35 bits per heavy atom. The van der Waals surface area contributed by atoms with Gasteiger partial charge in [-0.15, -0.1) is 0 Å². The van der Waals surface area contributed by atoms with Crippen LogP contribution in [0.5, 0.6) is 0 Å². The van der Waals surface area contributed by atoms with Gasteiger partial charge in [0.1, 0.15) is 0 Å².